The lowest BCUT2D eigenvalue weighted by atomic mass is 9.98. The summed E-state index contributed by atoms with van der Waals surface area (Å²) < 4.78 is 11.1. The Morgan fingerprint density at radius 3 is 1.64 bits per heavy atom. The van der Waals surface area contributed by atoms with Gasteiger partial charge in [0.1, 0.15) is 30.5 Å². The molecule has 10 heteroatoms. The first kappa shape index (κ1) is 42.2. The summed E-state index contributed by atoms with van der Waals surface area (Å²) in [6.45, 7) is 3.53. The number of ether oxygens (including phenoxy) is 2. The molecule has 0 bridgehead atoms. The van der Waals surface area contributed by atoms with Crippen LogP contribution in [0.5, 0.6) is 0 Å². The van der Waals surface area contributed by atoms with Gasteiger partial charge in [0.25, 0.3) is 0 Å². The molecule has 2 unspecified atom stereocenters. The number of unbranched alkanes of at least 4 members (excludes halogenated alkanes) is 18. The zero-order chi connectivity index (χ0) is 33.3. The fraction of sp³-hybridized carbons (Fsp3) is 0.971. The number of aliphatic hydroxyl groups is 6. The number of nitrogens with one attached hydrogen (secondary N) is 1. The first-order valence-corrected chi connectivity index (χ1v) is 18.3. The maximum absolute atomic E-state index is 12.8. The molecule has 0 aromatic carbocycles. The number of amides is 1. The summed E-state index contributed by atoms with van der Waals surface area (Å²) in [5, 5.41) is 64.5. The maximum Gasteiger partial charge on any atom is 0.220 e. The Bertz CT molecular complexity index is 698. The highest BCUT2D eigenvalue weighted by atomic mass is 16.7. The highest BCUT2D eigenvalue weighted by Gasteiger charge is 2.44. The quantitative estimate of drug-likeness (QED) is 0.0572. The summed E-state index contributed by atoms with van der Waals surface area (Å²) in [6.07, 6.45) is 14.2. The Kier molecular flexibility index (Phi) is 25.4. The Morgan fingerprint density at radius 2 is 1.16 bits per heavy atom. The standard InChI is InChI=1S/C35H69NO9/c1-3-5-7-9-11-13-14-15-16-18-20-22-24-30(39)36-27(26-44-35-34(43)33(42)32(41)29(25-37)45-35)31(40)28(38)23-21-19-17-12-10-8-6-4-2/h27-29,31-35,37-38,40-43H,3-26H2,1-2H3,(H,36,39)/t27-,28+,29+,31-,32+,33?,34?,35+/m0/s1. The summed E-state index contributed by atoms with van der Waals surface area (Å²) in [6, 6.07) is -0.980. The van der Waals surface area contributed by atoms with Crippen LogP contribution in [0.1, 0.15) is 155 Å². The van der Waals surface area contributed by atoms with Crippen molar-refractivity contribution >= 4 is 5.91 Å². The van der Waals surface area contributed by atoms with E-state index in [1.807, 2.05) is 0 Å². The third kappa shape index (κ3) is 18.9. The van der Waals surface area contributed by atoms with E-state index in [-0.39, 0.29) is 18.9 Å². The molecule has 8 atom stereocenters. The fourth-order valence-electron chi connectivity index (χ4n) is 5.96. The fourth-order valence-corrected chi connectivity index (χ4v) is 5.96. The summed E-state index contributed by atoms with van der Waals surface area (Å²) in [5.41, 5.74) is 0. The smallest absolute Gasteiger partial charge is 0.220 e. The van der Waals surface area contributed by atoms with E-state index in [1.165, 1.54) is 77.0 Å². The van der Waals surface area contributed by atoms with Crippen LogP contribution in [0.3, 0.4) is 0 Å². The van der Waals surface area contributed by atoms with Crippen molar-refractivity contribution in [2.75, 3.05) is 13.2 Å². The van der Waals surface area contributed by atoms with E-state index in [2.05, 4.69) is 19.2 Å². The first-order chi connectivity index (χ1) is 21.8. The molecule has 0 spiro atoms. The molecule has 1 heterocycles. The van der Waals surface area contributed by atoms with Crippen molar-refractivity contribution in [2.24, 2.45) is 0 Å². The molecule has 0 radical (unpaired) electrons. The van der Waals surface area contributed by atoms with Gasteiger partial charge in [-0.05, 0) is 12.8 Å². The van der Waals surface area contributed by atoms with Gasteiger partial charge in [-0.2, -0.15) is 0 Å². The molecule has 45 heavy (non-hydrogen) atoms. The Morgan fingerprint density at radius 1 is 0.689 bits per heavy atom. The van der Waals surface area contributed by atoms with E-state index >= 15 is 0 Å². The van der Waals surface area contributed by atoms with Gasteiger partial charge in [0, 0.05) is 6.42 Å². The normalized spacial score (nSPS) is 24.0. The highest BCUT2D eigenvalue weighted by molar-refractivity contribution is 5.76. The molecule has 0 aliphatic carbocycles. The van der Waals surface area contributed by atoms with Gasteiger partial charge in [0.2, 0.25) is 5.91 Å². The van der Waals surface area contributed by atoms with Gasteiger partial charge in [0.05, 0.1) is 25.4 Å². The van der Waals surface area contributed by atoms with Crippen molar-refractivity contribution in [3.05, 3.63) is 0 Å². The van der Waals surface area contributed by atoms with Crippen molar-refractivity contribution in [1.82, 2.24) is 5.32 Å². The van der Waals surface area contributed by atoms with Gasteiger partial charge in [0.15, 0.2) is 6.29 Å². The molecular formula is C35H69NO9. The molecule has 10 nitrogen and oxygen atoms in total. The second kappa shape index (κ2) is 27.1. The maximum atomic E-state index is 12.8. The average molecular weight is 648 g/mol. The van der Waals surface area contributed by atoms with E-state index in [0.29, 0.717) is 6.42 Å². The topological polar surface area (TPSA) is 169 Å². The van der Waals surface area contributed by atoms with Gasteiger partial charge < -0.3 is 45.4 Å². The minimum atomic E-state index is -1.60. The number of hydrogen-bond acceptors (Lipinski definition) is 9. The molecule has 0 aromatic heterocycles. The van der Waals surface area contributed by atoms with Gasteiger partial charge >= 0.3 is 0 Å². The SMILES string of the molecule is CCCCCCCCCCCCCCC(=O)N[C@@H](CO[C@@H]1O[C@H](CO)[C@@H](O)C(O)C1O)[C@H](O)[C@H](O)CCCCCCCCCC. The van der Waals surface area contributed by atoms with E-state index in [9.17, 15) is 35.4 Å². The van der Waals surface area contributed by atoms with Gasteiger partial charge in [-0.15, -0.1) is 0 Å². The molecule has 1 amide bonds. The monoisotopic (exact) mass is 647 g/mol. The second-order valence-corrected chi connectivity index (χ2v) is 13.2. The summed E-state index contributed by atoms with van der Waals surface area (Å²) in [4.78, 5) is 12.8. The van der Waals surface area contributed by atoms with Crippen LogP contribution >= 0.6 is 0 Å². The van der Waals surface area contributed by atoms with Crippen molar-refractivity contribution in [1.29, 1.82) is 0 Å². The van der Waals surface area contributed by atoms with Crippen molar-refractivity contribution in [3.8, 4) is 0 Å². The zero-order valence-corrected chi connectivity index (χ0v) is 28.5. The van der Waals surface area contributed by atoms with Crippen LogP contribution in [0.2, 0.25) is 0 Å². The molecule has 7 N–H and O–H groups in total. The molecule has 1 aliphatic heterocycles. The number of hydrogen-bond donors (Lipinski definition) is 7. The number of aliphatic hydroxyl groups excluding tert-OH is 6. The predicted molar refractivity (Wildman–Crippen MR) is 177 cm³/mol. The molecular weight excluding hydrogens is 578 g/mol. The van der Waals surface area contributed by atoms with Crippen LogP contribution in [0.15, 0.2) is 0 Å². The predicted octanol–water partition coefficient (Wildman–Crippen LogP) is 4.63. The molecule has 268 valence electrons. The van der Waals surface area contributed by atoms with E-state index in [4.69, 9.17) is 9.47 Å². The average Bonchev–Trinajstić information content (AvgIpc) is 3.04. The summed E-state index contributed by atoms with van der Waals surface area (Å²) in [7, 11) is 0. The van der Waals surface area contributed by atoms with Crippen LogP contribution < -0.4 is 5.32 Å². The lowest BCUT2D eigenvalue weighted by Crippen LogP contribution is -2.60. The number of rotatable bonds is 29. The molecule has 1 saturated heterocycles. The van der Waals surface area contributed by atoms with Crippen LogP contribution in [0.25, 0.3) is 0 Å². The summed E-state index contributed by atoms with van der Waals surface area (Å²) in [5.74, 6) is -0.261. The second-order valence-electron chi connectivity index (χ2n) is 13.2. The van der Waals surface area contributed by atoms with Crippen LogP contribution in [0.4, 0.5) is 0 Å². The van der Waals surface area contributed by atoms with Gasteiger partial charge in [-0.25, -0.2) is 0 Å². The minimum Gasteiger partial charge on any atom is -0.394 e. The van der Waals surface area contributed by atoms with E-state index in [0.717, 1.165) is 51.4 Å². The van der Waals surface area contributed by atoms with Crippen molar-refractivity contribution < 1.29 is 44.9 Å². The van der Waals surface area contributed by atoms with Crippen LogP contribution in [-0.2, 0) is 14.3 Å². The van der Waals surface area contributed by atoms with Crippen molar-refractivity contribution in [3.63, 3.8) is 0 Å². The third-order valence-corrected chi connectivity index (χ3v) is 9.05. The third-order valence-electron chi connectivity index (χ3n) is 9.05. The molecule has 1 fully saturated rings. The Hall–Kier alpha value is -0.850. The zero-order valence-electron chi connectivity index (χ0n) is 28.5. The molecule has 1 rings (SSSR count). The van der Waals surface area contributed by atoms with E-state index < -0.39 is 55.6 Å². The Balaban J connectivity index is 2.52. The number of carbonyl (C=O) groups is 1. The molecule has 0 aromatic rings. The minimum absolute atomic E-state index is 0.261. The van der Waals surface area contributed by atoms with Gasteiger partial charge in [-0.1, -0.05) is 136 Å². The largest absolute Gasteiger partial charge is 0.394 e. The highest BCUT2D eigenvalue weighted by Crippen LogP contribution is 2.23. The lowest BCUT2D eigenvalue weighted by molar-refractivity contribution is -0.303. The molecule has 0 saturated carbocycles. The number of carbonyl (C=O) groups excluding carboxylic acids is 1. The Labute approximate surface area is 273 Å². The van der Waals surface area contributed by atoms with Crippen LogP contribution in [0, 0.1) is 0 Å². The lowest BCUT2D eigenvalue weighted by Gasteiger charge is -2.40. The summed E-state index contributed by atoms with van der Waals surface area (Å²) >= 11 is 0. The first-order valence-electron chi connectivity index (χ1n) is 18.3. The van der Waals surface area contributed by atoms with Gasteiger partial charge in [-0.3, -0.25) is 4.79 Å². The molecule has 1 aliphatic rings. The van der Waals surface area contributed by atoms with E-state index in [1.54, 1.807) is 0 Å². The van der Waals surface area contributed by atoms with Crippen LogP contribution in [-0.4, -0.2) is 98.7 Å². The van der Waals surface area contributed by atoms with Crippen molar-refractivity contribution in [2.45, 2.75) is 204 Å².